The van der Waals surface area contributed by atoms with E-state index >= 15 is 0 Å². The Morgan fingerprint density at radius 1 is 1.39 bits per heavy atom. The molecule has 0 spiro atoms. The van der Waals surface area contributed by atoms with Gasteiger partial charge in [0.15, 0.2) is 0 Å². The average Bonchev–Trinajstić information content (AvgIpc) is 2.38. The van der Waals surface area contributed by atoms with Crippen LogP contribution in [0.2, 0.25) is 0 Å². The van der Waals surface area contributed by atoms with Crippen molar-refractivity contribution in [2.75, 3.05) is 5.32 Å². The van der Waals surface area contributed by atoms with E-state index in [1.54, 1.807) is 18.6 Å². The first-order chi connectivity index (χ1) is 8.66. The first kappa shape index (κ1) is 12.0. The molecule has 0 saturated carbocycles. The van der Waals surface area contributed by atoms with E-state index in [-0.39, 0.29) is 5.56 Å². The number of rotatable bonds is 4. The molecular formula is C12H10FN3O2. The molecule has 0 saturated heterocycles. The van der Waals surface area contributed by atoms with E-state index in [4.69, 9.17) is 5.11 Å². The Morgan fingerprint density at radius 2 is 2.22 bits per heavy atom. The van der Waals surface area contributed by atoms with Crippen molar-refractivity contribution >= 4 is 11.7 Å². The zero-order valence-electron chi connectivity index (χ0n) is 9.30. The number of carboxylic acid groups (broad SMARTS) is 1. The molecule has 0 bridgehead atoms. The van der Waals surface area contributed by atoms with Crippen molar-refractivity contribution in [2.45, 2.75) is 6.54 Å². The first-order valence-corrected chi connectivity index (χ1v) is 5.18. The minimum Gasteiger partial charge on any atom is -0.478 e. The maximum atomic E-state index is 13.2. The molecule has 0 fully saturated rings. The fraction of sp³-hybridized carbons (Fsp3) is 0.0833. The van der Waals surface area contributed by atoms with Crippen molar-refractivity contribution in [3.8, 4) is 0 Å². The maximum Gasteiger partial charge on any atom is 0.338 e. The van der Waals surface area contributed by atoms with Gasteiger partial charge < -0.3 is 10.4 Å². The average molecular weight is 247 g/mol. The molecule has 5 nitrogen and oxygen atoms in total. The van der Waals surface area contributed by atoms with Crippen molar-refractivity contribution in [3.05, 3.63) is 53.9 Å². The summed E-state index contributed by atoms with van der Waals surface area (Å²) in [5, 5.41) is 11.7. The highest BCUT2D eigenvalue weighted by molar-refractivity contribution is 5.89. The summed E-state index contributed by atoms with van der Waals surface area (Å²) in [6.45, 7) is 0.387. The molecule has 0 radical (unpaired) electrons. The number of hydrogen-bond donors (Lipinski definition) is 2. The fourth-order valence-electron chi connectivity index (χ4n) is 1.41. The molecule has 0 unspecified atom stereocenters. The Morgan fingerprint density at radius 3 is 2.89 bits per heavy atom. The van der Waals surface area contributed by atoms with Crippen LogP contribution in [0.4, 0.5) is 10.1 Å². The number of nitrogens with zero attached hydrogens (tertiary/aromatic N) is 2. The predicted molar refractivity (Wildman–Crippen MR) is 62.7 cm³/mol. The van der Waals surface area contributed by atoms with Crippen molar-refractivity contribution in [1.82, 2.24) is 9.97 Å². The van der Waals surface area contributed by atoms with Gasteiger partial charge in [-0.1, -0.05) is 0 Å². The van der Waals surface area contributed by atoms with Gasteiger partial charge in [-0.2, -0.15) is 0 Å². The summed E-state index contributed by atoms with van der Waals surface area (Å²) in [6.07, 6.45) is 4.71. The number of anilines is 1. The number of halogens is 1. The molecule has 2 aromatic rings. The number of hydrogen-bond acceptors (Lipinski definition) is 4. The third kappa shape index (κ3) is 2.79. The molecule has 0 aliphatic carbocycles. The Bertz CT molecular complexity index is 561. The van der Waals surface area contributed by atoms with Crippen LogP contribution in [0.3, 0.4) is 0 Å². The van der Waals surface area contributed by atoms with E-state index in [2.05, 4.69) is 15.3 Å². The number of nitrogens with one attached hydrogen (secondary N) is 1. The summed E-state index contributed by atoms with van der Waals surface area (Å²) >= 11 is 0. The maximum absolute atomic E-state index is 13.2. The Balaban J connectivity index is 2.11. The molecule has 92 valence electrons. The lowest BCUT2D eigenvalue weighted by molar-refractivity contribution is 0.0692. The summed E-state index contributed by atoms with van der Waals surface area (Å²) in [6, 6.07) is 3.83. The van der Waals surface area contributed by atoms with Gasteiger partial charge in [0.1, 0.15) is 5.82 Å². The molecule has 1 aromatic heterocycles. The molecule has 2 N–H and O–H groups in total. The molecule has 0 amide bonds. The molecule has 0 aliphatic heterocycles. The summed E-state index contributed by atoms with van der Waals surface area (Å²) in [7, 11) is 0. The standard InChI is InChI=1S/C12H10FN3O2/c13-11-2-1-8(5-10(11)12(17)18)16-7-9-6-14-3-4-15-9/h1-6,16H,7H2,(H,17,18). The normalized spacial score (nSPS) is 10.1. The van der Waals surface area contributed by atoms with Crippen molar-refractivity contribution in [3.63, 3.8) is 0 Å². The van der Waals surface area contributed by atoms with Crippen molar-refractivity contribution in [1.29, 1.82) is 0 Å². The third-order valence-electron chi connectivity index (χ3n) is 2.29. The van der Waals surface area contributed by atoms with Gasteiger partial charge in [0.2, 0.25) is 0 Å². The van der Waals surface area contributed by atoms with Crippen LogP contribution in [0.5, 0.6) is 0 Å². The summed E-state index contributed by atoms with van der Waals surface area (Å²) in [5.74, 6) is -2.05. The van der Waals surface area contributed by atoms with Crippen LogP contribution in [0.25, 0.3) is 0 Å². The largest absolute Gasteiger partial charge is 0.478 e. The molecular weight excluding hydrogens is 237 g/mol. The highest BCUT2D eigenvalue weighted by Crippen LogP contribution is 2.15. The van der Waals surface area contributed by atoms with Gasteiger partial charge in [0.05, 0.1) is 24.0 Å². The zero-order valence-corrected chi connectivity index (χ0v) is 9.30. The molecule has 0 atom stereocenters. The van der Waals surface area contributed by atoms with Crippen molar-refractivity contribution < 1.29 is 14.3 Å². The van der Waals surface area contributed by atoms with Crippen LogP contribution in [-0.4, -0.2) is 21.0 Å². The number of carbonyl (C=O) groups is 1. The fourth-order valence-corrected chi connectivity index (χ4v) is 1.41. The summed E-state index contributed by atoms with van der Waals surface area (Å²) < 4.78 is 13.2. The van der Waals surface area contributed by atoms with Gasteiger partial charge in [0.25, 0.3) is 0 Å². The summed E-state index contributed by atoms with van der Waals surface area (Å²) in [4.78, 5) is 18.7. The smallest absolute Gasteiger partial charge is 0.338 e. The third-order valence-corrected chi connectivity index (χ3v) is 2.29. The van der Waals surface area contributed by atoms with Gasteiger partial charge in [-0.25, -0.2) is 9.18 Å². The molecule has 18 heavy (non-hydrogen) atoms. The van der Waals surface area contributed by atoms with E-state index in [1.807, 2.05) is 0 Å². The second kappa shape index (κ2) is 5.22. The van der Waals surface area contributed by atoms with E-state index < -0.39 is 11.8 Å². The van der Waals surface area contributed by atoms with Gasteiger partial charge in [-0.3, -0.25) is 9.97 Å². The van der Waals surface area contributed by atoms with Gasteiger partial charge in [0, 0.05) is 18.1 Å². The number of aromatic nitrogens is 2. The second-order valence-electron chi connectivity index (χ2n) is 3.55. The Hall–Kier alpha value is -2.50. The van der Waals surface area contributed by atoms with Crippen LogP contribution in [0, 0.1) is 5.82 Å². The number of aromatic carboxylic acids is 1. The number of carboxylic acids is 1. The van der Waals surface area contributed by atoms with Crippen LogP contribution < -0.4 is 5.32 Å². The second-order valence-corrected chi connectivity index (χ2v) is 3.55. The van der Waals surface area contributed by atoms with E-state index in [0.29, 0.717) is 17.9 Å². The predicted octanol–water partition coefficient (Wildman–Crippen LogP) is 1.93. The van der Waals surface area contributed by atoms with Gasteiger partial charge in [-0.05, 0) is 18.2 Å². The molecule has 0 aliphatic rings. The molecule has 2 rings (SSSR count). The Labute approximate surface area is 102 Å². The highest BCUT2D eigenvalue weighted by Gasteiger charge is 2.10. The minimum atomic E-state index is -1.30. The van der Waals surface area contributed by atoms with E-state index in [9.17, 15) is 9.18 Å². The van der Waals surface area contributed by atoms with Crippen LogP contribution in [-0.2, 0) is 6.54 Å². The van der Waals surface area contributed by atoms with Crippen LogP contribution in [0.1, 0.15) is 16.1 Å². The van der Waals surface area contributed by atoms with Crippen LogP contribution >= 0.6 is 0 Å². The SMILES string of the molecule is O=C(O)c1cc(NCc2cnccn2)ccc1F. The lowest BCUT2D eigenvalue weighted by atomic mass is 10.2. The zero-order chi connectivity index (χ0) is 13.0. The highest BCUT2D eigenvalue weighted by atomic mass is 19.1. The minimum absolute atomic E-state index is 0.362. The van der Waals surface area contributed by atoms with Crippen LogP contribution in [0.15, 0.2) is 36.8 Å². The quantitative estimate of drug-likeness (QED) is 0.863. The van der Waals surface area contributed by atoms with E-state index in [0.717, 1.165) is 6.07 Å². The lowest BCUT2D eigenvalue weighted by Crippen LogP contribution is -2.05. The molecule has 1 heterocycles. The number of benzene rings is 1. The van der Waals surface area contributed by atoms with Crippen molar-refractivity contribution in [2.24, 2.45) is 0 Å². The van der Waals surface area contributed by atoms with Gasteiger partial charge >= 0.3 is 5.97 Å². The van der Waals surface area contributed by atoms with E-state index in [1.165, 1.54) is 12.1 Å². The van der Waals surface area contributed by atoms with Gasteiger partial charge in [-0.15, -0.1) is 0 Å². The monoisotopic (exact) mass is 247 g/mol. The lowest BCUT2D eigenvalue weighted by Gasteiger charge is -2.06. The first-order valence-electron chi connectivity index (χ1n) is 5.18. The summed E-state index contributed by atoms with van der Waals surface area (Å²) in [5.41, 5.74) is 0.859. The molecule has 6 heteroatoms. The topological polar surface area (TPSA) is 75.1 Å². The Kier molecular flexibility index (Phi) is 3.47. The molecule has 1 aromatic carbocycles.